The molecule has 0 saturated heterocycles. The zero-order valence-corrected chi connectivity index (χ0v) is 9.23. The standard InChI is InChI=1S/CH2O4.2Mg.H2O4S/c2-1(3)5-4;;;1-5(2,3)4/h4H,(H,2,3);;;(H2,1,2,3,4)/q;2*+2;/p-4. The Kier molecular flexibility index (Phi) is 22.2. The van der Waals surface area contributed by atoms with Crippen LogP contribution < -0.4 is 10.4 Å². The van der Waals surface area contributed by atoms with E-state index in [4.69, 9.17) is 32.7 Å². The molecular weight excluding hydrogens is 221 g/mol. The summed E-state index contributed by atoms with van der Waals surface area (Å²) in [7, 11) is -5.17. The molecular formula is CMg2O8S. The Morgan fingerprint density at radius 1 is 1.17 bits per heavy atom. The van der Waals surface area contributed by atoms with E-state index in [2.05, 4.69) is 4.89 Å². The molecule has 62 valence electrons. The van der Waals surface area contributed by atoms with Crippen LogP contribution in [0, 0.1) is 0 Å². The van der Waals surface area contributed by atoms with Gasteiger partial charge in [-0.2, -0.15) is 0 Å². The molecule has 0 heterocycles. The van der Waals surface area contributed by atoms with Crippen LogP contribution in [0.5, 0.6) is 0 Å². The van der Waals surface area contributed by atoms with Crippen LogP contribution in [0.25, 0.3) is 0 Å². The maximum Gasteiger partial charge on any atom is 2.00 e. The molecule has 0 aromatic carbocycles. The van der Waals surface area contributed by atoms with Gasteiger partial charge in [-0.3, -0.25) is 8.42 Å². The van der Waals surface area contributed by atoms with E-state index in [1.54, 1.807) is 0 Å². The van der Waals surface area contributed by atoms with Crippen molar-refractivity contribution >= 4 is 62.7 Å². The molecule has 0 fully saturated rings. The molecule has 0 aromatic rings. The third kappa shape index (κ3) is 142. The Morgan fingerprint density at radius 3 is 1.25 bits per heavy atom. The van der Waals surface area contributed by atoms with Crippen molar-refractivity contribution in [3.8, 4) is 0 Å². The minimum Gasteiger partial charge on any atom is -0.759 e. The fraction of sp³-hybridized carbons (Fsp3) is 0. The third-order valence-corrected chi connectivity index (χ3v) is 0.0680. The van der Waals surface area contributed by atoms with Gasteiger partial charge < -0.3 is 29.2 Å². The molecule has 0 saturated carbocycles. The molecule has 0 N–H and O–H groups in total. The molecule has 0 spiro atoms. The fourth-order valence-corrected chi connectivity index (χ4v) is 0. The van der Waals surface area contributed by atoms with Crippen molar-refractivity contribution in [3.63, 3.8) is 0 Å². The smallest absolute Gasteiger partial charge is 0.759 e. The minimum absolute atomic E-state index is 0. The van der Waals surface area contributed by atoms with Crippen LogP contribution in [-0.2, 0) is 15.3 Å². The number of carbonyl (C=O) groups excluding carboxylic acids is 1. The van der Waals surface area contributed by atoms with Gasteiger partial charge in [0.25, 0.3) is 0 Å². The van der Waals surface area contributed by atoms with Crippen molar-refractivity contribution in [3.05, 3.63) is 0 Å². The molecule has 12 heavy (non-hydrogen) atoms. The molecule has 0 atom stereocenters. The summed E-state index contributed by atoms with van der Waals surface area (Å²) in [5.74, 6) is 0. The van der Waals surface area contributed by atoms with Gasteiger partial charge >= 0.3 is 46.1 Å². The van der Waals surface area contributed by atoms with E-state index in [-0.39, 0.29) is 46.1 Å². The quantitative estimate of drug-likeness (QED) is 0.130. The van der Waals surface area contributed by atoms with Crippen molar-refractivity contribution in [2.75, 3.05) is 0 Å². The molecule has 0 aromatic heterocycles. The van der Waals surface area contributed by atoms with Crippen LogP contribution in [0.4, 0.5) is 4.79 Å². The van der Waals surface area contributed by atoms with Crippen molar-refractivity contribution < 1.29 is 37.6 Å². The average Bonchev–Trinajstić information content (AvgIpc) is 1.61. The number of hydrogen-bond acceptors (Lipinski definition) is 8. The van der Waals surface area contributed by atoms with Crippen LogP contribution in [0.1, 0.15) is 0 Å². The zero-order chi connectivity index (χ0) is 8.78. The van der Waals surface area contributed by atoms with E-state index in [1.165, 1.54) is 0 Å². The van der Waals surface area contributed by atoms with Gasteiger partial charge in [0.1, 0.15) is 0 Å². The SMILES string of the molecule is O=C([O-])O[O-].O=S(=O)([O-])[O-].[Mg+2].[Mg+2]. The molecule has 0 amide bonds. The zero-order valence-electron chi connectivity index (χ0n) is 5.59. The molecule has 0 aliphatic heterocycles. The second-order valence-electron chi connectivity index (χ2n) is 0.742. The Morgan fingerprint density at radius 2 is 1.25 bits per heavy atom. The first-order valence-corrected chi connectivity index (χ1v) is 2.78. The van der Waals surface area contributed by atoms with Gasteiger partial charge in [0.15, 0.2) is 0 Å². The molecule has 11 heteroatoms. The molecule has 8 nitrogen and oxygen atoms in total. The largest absolute Gasteiger partial charge is 2.00 e. The number of carbonyl (C=O) groups is 1. The predicted molar refractivity (Wildman–Crippen MR) is 28.5 cm³/mol. The fourth-order valence-electron chi connectivity index (χ4n) is 0. The number of carboxylic acid groups (broad SMARTS) is 1. The van der Waals surface area contributed by atoms with Gasteiger partial charge in [-0.25, -0.2) is 0 Å². The summed E-state index contributed by atoms with van der Waals surface area (Å²) >= 11 is 0. The summed E-state index contributed by atoms with van der Waals surface area (Å²) in [6.45, 7) is 0. The minimum atomic E-state index is -5.17. The summed E-state index contributed by atoms with van der Waals surface area (Å²) in [5, 5.41) is 17.2. The van der Waals surface area contributed by atoms with Gasteiger partial charge in [-0.1, -0.05) is 0 Å². The van der Waals surface area contributed by atoms with Gasteiger partial charge in [0.05, 0.1) is 0 Å². The average molecular weight is 221 g/mol. The third-order valence-electron chi connectivity index (χ3n) is 0.0680. The maximum absolute atomic E-state index is 8.72. The number of hydrogen-bond donors (Lipinski definition) is 0. The normalized spacial score (nSPS) is 7.58. The van der Waals surface area contributed by atoms with Crippen molar-refractivity contribution in [2.24, 2.45) is 0 Å². The Balaban J connectivity index is -0.0000000457. The topological polar surface area (TPSA) is 153 Å². The van der Waals surface area contributed by atoms with E-state index in [1.807, 2.05) is 0 Å². The Hall–Kier alpha value is 0.632. The van der Waals surface area contributed by atoms with Crippen LogP contribution in [0.15, 0.2) is 0 Å². The first kappa shape index (κ1) is 22.9. The van der Waals surface area contributed by atoms with Gasteiger partial charge in [0.2, 0.25) is 6.16 Å². The summed E-state index contributed by atoms with van der Waals surface area (Å²) < 4.78 is 34.1. The van der Waals surface area contributed by atoms with E-state index < -0.39 is 16.6 Å². The summed E-state index contributed by atoms with van der Waals surface area (Å²) in [6, 6.07) is 0. The van der Waals surface area contributed by atoms with Crippen LogP contribution in [-0.4, -0.2) is 69.8 Å². The van der Waals surface area contributed by atoms with E-state index >= 15 is 0 Å². The van der Waals surface area contributed by atoms with E-state index in [9.17, 15) is 0 Å². The molecule has 0 rings (SSSR count). The maximum atomic E-state index is 8.72. The van der Waals surface area contributed by atoms with Crippen molar-refractivity contribution in [2.45, 2.75) is 0 Å². The van der Waals surface area contributed by atoms with Gasteiger partial charge in [-0.05, 0) is 0 Å². The second-order valence-corrected chi connectivity index (χ2v) is 1.56. The van der Waals surface area contributed by atoms with Crippen molar-refractivity contribution in [1.29, 1.82) is 0 Å². The predicted octanol–water partition coefficient (Wildman–Crippen LogP) is -4.48. The van der Waals surface area contributed by atoms with Crippen LogP contribution in [0.2, 0.25) is 0 Å². The molecule has 0 aliphatic carbocycles. The summed E-state index contributed by atoms with van der Waals surface area (Å²) in [5.41, 5.74) is 0. The number of rotatable bonds is 0. The van der Waals surface area contributed by atoms with E-state index in [0.717, 1.165) is 0 Å². The van der Waals surface area contributed by atoms with Gasteiger partial charge in [0, 0.05) is 10.4 Å². The van der Waals surface area contributed by atoms with Crippen LogP contribution in [0.3, 0.4) is 0 Å². The Labute approximate surface area is 99.7 Å². The summed E-state index contributed by atoms with van der Waals surface area (Å²) in [6.07, 6.45) is -2.05. The first-order chi connectivity index (χ1) is 4.27. The monoisotopic (exact) mass is 220 g/mol. The summed E-state index contributed by atoms with van der Waals surface area (Å²) in [4.78, 5) is 11.0. The Bertz CT molecular complexity index is 175. The van der Waals surface area contributed by atoms with Crippen LogP contribution >= 0.6 is 0 Å². The second kappa shape index (κ2) is 11.6. The first-order valence-electron chi connectivity index (χ1n) is 1.45. The van der Waals surface area contributed by atoms with Crippen molar-refractivity contribution in [1.82, 2.24) is 0 Å². The molecule has 0 radical (unpaired) electrons. The van der Waals surface area contributed by atoms with E-state index in [0.29, 0.717) is 0 Å². The van der Waals surface area contributed by atoms with Gasteiger partial charge in [-0.15, -0.1) is 0 Å². The molecule has 0 aliphatic rings. The molecule has 0 bridgehead atoms. The molecule has 0 unspecified atom stereocenters.